The summed E-state index contributed by atoms with van der Waals surface area (Å²) >= 11 is 0. The first kappa shape index (κ1) is 15.3. The normalized spacial score (nSPS) is 13.5. The zero-order chi connectivity index (χ0) is 16.2. The first-order valence-electron chi connectivity index (χ1n) is 7.65. The molecule has 1 fully saturated rings. The first-order chi connectivity index (χ1) is 11.2. The summed E-state index contributed by atoms with van der Waals surface area (Å²) in [6.45, 7) is 0.585. The molecule has 1 aliphatic rings. The lowest BCUT2D eigenvalue weighted by Gasteiger charge is -2.23. The maximum Gasteiger partial charge on any atom is 0.258 e. The van der Waals surface area contributed by atoms with Gasteiger partial charge in [0.2, 0.25) is 0 Å². The third-order valence-corrected chi connectivity index (χ3v) is 3.99. The molecule has 0 N–H and O–H groups in total. The van der Waals surface area contributed by atoms with Gasteiger partial charge in [0, 0.05) is 31.0 Å². The molecule has 0 atom stereocenters. The summed E-state index contributed by atoms with van der Waals surface area (Å²) in [4.78, 5) is 18.9. The molecule has 0 unspecified atom stereocenters. The summed E-state index contributed by atoms with van der Waals surface area (Å²) in [7, 11) is 3.16. The van der Waals surface area contributed by atoms with Crippen LogP contribution in [0.2, 0.25) is 0 Å². The topological polar surface area (TPSA) is 51.7 Å². The lowest BCUT2D eigenvalue weighted by Crippen LogP contribution is -2.32. The van der Waals surface area contributed by atoms with Crippen molar-refractivity contribution in [3.63, 3.8) is 0 Å². The highest BCUT2D eigenvalue weighted by molar-refractivity contribution is 5.97. The molecule has 0 saturated heterocycles. The van der Waals surface area contributed by atoms with E-state index in [0.717, 1.165) is 18.4 Å². The summed E-state index contributed by atoms with van der Waals surface area (Å²) in [5, 5.41) is 0. The number of pyridine rings is 1. The van der Waals surface area contributed by atoms with Crippen LogP contribution in [-0.4, -0.2) is 36.1 Å². The minimum absolute atomic E-state index is 0.0104. The van der Waals surface area contributed by atoms with E-state index in [4.69, 9.17) is 9.47 Å². The van der Waals surface area contributed by atoms with Crippen LogP contribution in [0, 0.1) is 0 Å². The third kappa shape index (κ3) is 3.44. The lowest BCUT2D eigenvalue weighted by molar-refractivity contribution is 0.0726. The highest BCUT2D eigenvalue weighted by atomic mass is 16.5. The minimum Gasteiger partial charge on any atom is -0.497 e. The van der Waals surface area contributed by atoms with Gasteiger partial charge < -0.3 is 14.4 Å². The minimum atomic E-state index is -0.0104. The SMILES string of the molecule is COc1ccc(C(=O)N(Cc2ccncc2)C2CC2)c(OC)c1. The van der Waals surface area contributed by atoms with E-state index in [1.807, 2.05) is 17.0 Å². The second-order valence-electron chi connectivity index (χ2n) is 5.59. The van der Waals surface area contributed by atoms with Gasteiger partial charge in [-0.15, -0.1) is 0 Å². The molecule has 0 radical (unpaired) electrons. The monoisotopic (exact) mass is 312 g/mol. The van der Waals surface area contributed by atoms with E-state index < -0.39 is 0 Å². The average molecular weight is 312 g/mol. The maximum absolute atomic E-state index is 13.0. The predicted octanol–water partition coefficient (Wildman–Crippen LogP) is 2.90. The molecule has 1 aromatic heterocycles. The largest absolute Gasteiger partial charge is 0.497 e. The molecule has 0 aliphatic heterocycles. The summed E-state index contributed by atoms with van der Waals surface area (Å²) in [5.74, 6) is 1.20. The molecule has 1 aliphatic carbocycles. The molecule has 1 amide bonds. The molecular formula is C18H20N2O3. The molecule has 23 heavy (non-hydrogen) atoms. The molecule has 1 aromatic carbocycles. The van der Waals surface area contributed by atoms with E-state index >= 15 is 0 Å². The van der Waals surface area contributed by atoms with Crippen LogP contribution in [0.1, 0.15) is 28.8 Å². The van der Waals surface area contributed by atoms with E-state index in [1.54, 1.807) is 44.8 Å². The second-order valence-corrected chi connectivity index (χ2v) is 5.59. The van der Waals surface area contributed by atoms with Crippen LogP contribution in [0.5, 0.6) is 11.5 Å². The van der Waals surface area contributed by atoms with Gasteiger partial charge in [-0.2, -0.15) is 0 Å². The van der Waals surface area contributed by atoms with Crippen LogP contribution in [0.25, 0.3) is 0 Å². The van der Waals surface area contributed by atoms with Crippen molar-refractivity contribution in [3.8, 4) is 11.5 Å². The number of hydrogen-bond donors (Lipinski definition) is 0. The van der Waals surface area contributed by atoms with Crippen LogP contribution in [-0.2, 0) is 6.54 Å². The summed E-state index contributed by atoms with van der Waals surface area (Å²) in [6, 6.07) is 9.48. The van der Waals surface area contributed by atoms with Crippen molar-refractivity contribution < 1.29 is 14.3 Å². The molecule has 2 aromatic rings. The van der Waals surface area contributed by atoms with Gasteiger partial charge in [-0.25, -0.2) is 0 Å². The van der Waals surface area contributed by atoms with E-state index in [-0.39, 0.29) is 5.91 Å². The highest BCUT2D eigenvalue weighted by Gasteiger charge is 2.34. The van der Waals surface area contributed by atoms with Gasteiger partial charge in [-0.05, 0) is 42.7 Å². The van der Waals surface area contributed by atoms with Crippen molar-refractivity contribution in [1.29, 1.82) is 0 Å². The Morgan fingerprint density at radius 1 is 1.17 bits per heavy atom. The predicted molar refractivity (Wildman–Crippen MR) is 86.7 cm³/mol. The number of amides is 1. The number of rotatable bonds is 6. The number of ether oxygens (including phenoxy) is 2. The molecule has 3 rings (SSSR count). The van der Waals surface area contributed by atoms with E-state index in [1.165, 1.54) is 0 Å². The first-order valence-corrected chi connectivity index (χ1v) is 7.65. The second kappa shape index (κ2) is 6.69. The smallest absolute Gasteiger partial charge is 0.258 e. The molecule has 1 heterocycles. The van der Waals surface area contributed by atoms with Gasteiger partial charge in [0.15, 0.2) is 0 Å². The lowest BCUT2D eigenvalue weighted by atomic mass is 10.1. The summed E-state index contributed by atoms with van der Waals surface area (Å²) in [6.07, 6.45) is 5.60. The number of benzene rings is 1. The summed E-state index contributed by atoms with van der Waals surface area (Å²) < 4.78 is 10.6. The molecule has 0 bridgehead atoms. The van der Waals surface area contributed by atoms with Gasteiger partial charge in [-0.1, -0.05) is 0 Å². The summed E-state index contributed by atoms with van der Waals surface area (Å²) in [5.41, 5.74) is 1.64. The Hall–Kier alpha value is -2.56. The number of methoxy groups -OCH3 is 2. The van der Waals surface area contributed by atoms with Gasteiger partial charge in [0.1, 0.15) is 11.5 Å². The van der Waals surface area contributed by atoms with Crippen molar-refractivity contribution in [2.45, 2.75) is 25.4 Å². The standard InChI is InChI=1S/C18H20N2O3/c1-22-15-5-6-16(17(11-15)23-2)18(21)20(14-3-4-14)12-13-7-9-19-10-8-13/h5-11,14H,3-4,12H2,1-2H3. The molecule has 5 nitrogen and oxygen atoms in total. The molecule has 1 saturated carbocycles. The fraction of sp³-hybridized carbons (Fsp3) is 0.333. The van der Waals surface area contributed by atoms with Gasteiger partial charge in [-0.3, -0.25) is 9.78 Å². The Kier molecular flexibility index (Phi) is 4.46. The molecule has 0 spiro atoms. The Morgan fingerprint density at radius 2 is 1.91 bits per heavy atom. The van der Waals surface area contributed by atoms with Crippen LogP contribution >= 0.6 is 0 Å². The van der Waals surface area contributed by atoms with Gasteiger partial charge in [0.25, 0.3) is 5.91 Å². The number of carbonyl (C=O) groups is 1. The van der Waals surface area contributed by atoms with Crippen LogP contribution < -0.4 is 9.47 Å². The quantitative estimate of drug-likeness (QED) is 0.823. The number of carbonyl (C=O) groups excluding carboxylic acids is 1. The fourth-order valence-corrected chi connectivity index (χ4v) is 2.57. The number of aromatic nitrogens is 1. The van der Waals surface area contributed by atoms with E-state index in [0.29, 0.717) is 29.6 Å². The maximum atomic E-state index is 13.0. The van der Waals surface area contributed by atoms with E-state index in [9.17, 15) is 4.79 Å². The molecule has 5 heteroatoms. The average Bonchev–Trinajstić information content (AvgIpc) is 3.44. The Labute approximate surface area is 135 Å². The molecular weight excluding hydrogens is 292 g/mol. The molecule has 120 valence electrons. The zero-order valence-corrected chi connectivity index (χ0v) is 13.4. The number of hydrogen-bond acceptors (Lipinski definition) is 4. The fourth-order valence-electron chi connectivity index (χ4n) is 2.57. The zero-order valence-electron chi connectivity index (χ0n) is 13.4. The van der Waals surface area contributed by atoms with Crippen molar-refractivity contribution in [2.75, 3.05) is 14.2 Å². The van der Waals surface area contributed by atoms with Crippen molar-refractivity contribution in [2.24, 2.45) is 0 Å². The van der Waals surface area contributed by atoms with Crippen molar-refractivity contribution in [3.05, 3.63) is 53.9 Å². The van der Waals surface area contributed by atoms with Crippen molar-refractivity contribution in [1.82, 2.24) is 9.88 Å². The Balaban J connectivity index is 1.87. The third-order valence-electron chi connectivity index (χ3n) is 3.99. The van der Waals surface area contributed by atoms with Crippen LogP contribution in [0.15, 0.2) is 42.7 Å². The highest BCUT2D eigenvalue weighted by Crippen LogP contribution is 2.32. The van der Waals surface area contributed by atoms with E-state index in [2.05, 4.69) is 4.98 Å². The van der Waals surface area contributed by atoms with Crippen LogP contribution in [0.3, 0.4) is 0 Å². The van der Waals surface area contributed by atoms with Crippen LogP contribution in [0.4, 0.5) is 0 Å². The van der Waals surface area contributed by atoms with Gasteiger partial charge in [0.05, 0.1) is 19.8 Å². The Bertz CT molecular complexity index is 684. The van der Waals surface area contributed by atoms with Crippen molar-refractivity contribution >= 4 is 5.91 Å². The van der Waals surface area contributed by atoms with Gasteiger partial charge >= 0.3 is 0 Å². The Morgan fingerprint density at radius 3 is 2.52 bits per heavy atom. The number of nitrogens with zero attached hydrogens (tertiary/aromatic N) is 2.